The maximum atomic E-state index is 13.4. The number of thiocarbonyl (C=S) groups is 1. The number of hydrogen-bond acceptors (Lipinski definition) is 5. The van der Waals surface area contributed by atoms with E-state index < -0.39 is 11.8 Å². The Bertz CT molecular complexity index is 1630. The van der Waals surface area contributed by atoms with Crippen LogP contribution < -0.4 is 5.43 Å². The quantitative estimate of drug-likeness (QED) is 0.196. The van der Waals surface area contributed by atoms with Gasteiger partial charge in [0.15, 0.2) is 4.32 Å². The number of nitrogens with zero attached hydrogens (tertiary/aromatic N) is 3. The highest BCUT2D eigenvalue weighted by atomic mass is 35.5. The summed E-state index contributed by atoms with van der Waals surface area (Å²) >= 11 is 12.7. The van der Waals surface area contributed by atoms with Crippen LogP contribution in [-0.2, 0) is 4.79 Å². The molecule has 0 spiro atoms. The van der Waals surface area contributed by atoms with Gasteiger partial charge in [-0.1, -0.05) is 79.7 Å². The van der Waals surface area contributed by atoms with Gasteiger partial charge in [-0.25, -0.2) is 4.68 Å². The molecule has 1 fully saturated rings. The minimum atomic E-state index is -0.517. The van der Waals surface area contributed by atoms with Crippen LogP contribution in [0.4, 0.5) is 0 Å². The van der Waals surface area contributed by atoms with Gasteiger partial charge in [0.1, 0.15) is 5.69 Å². The highest BCUT2D eigenvalue weighted by Gasteiger charge is 2.34. The van der Waals surface area contributed by atoms with Gasteiger partial charge in [0.25, 0.3) is 11.8 Å². The van der Waals surface area contributed by atoms with Crippen molar-refractivity contribution in [3.63, 3.8) is 0 Å². The van der Waals surface area contributed by atoms with Crippen molar-refractivity contribution in [3.8, 4) is 16.9 Å². The van der Waals surface area contributed by atoms with Crippen molar-refractivity contribution in [2.75, 3.05) is 0 Å². The summed E-state index contributed by atoms with van der Waals surface area (Å²) in [6, 6.07) is 22.8. The number of rotatable bonds is 6. The molecule has 1 aromatic heterocycles. The average Bonchev–Trinajstić information content (AvgIpc) is 3.46. The summed E-state index contributed by atoms with van der Waals surface area (Å²) in [6.45, 7) is 6.36. The molecule has 196 valence electrons. The lowest BCUT2D eigenvalue weighted by molar-refractivity contribution is -0.123. The Labute approximate surface area is 241 Å². The van der Waals surface area contributed by atoms with Crippen LogP contribution in [0.3, 0.4) is 0 Å². The number of thioether (sulfide) groups is 1. The number of aromatic nitrogens is 2. The topological polar surface area (TPSA) is 67.2 Å². The van der Waals surface area contributed by atoms with Crippen LogP contribution in [0.1, 0.15) is 46.8 Å². The first-order valence-electron chi connectivity index (χ1n) is 12.3. The lowest BCUT2D eigenvalue weighted by Crippen LogP contribution is -2.44. The summed E-state index contributed by atoms with van der Waals surface area (Å²) in [5.41, 5.74) is 8.53. The summed E-state index contributed by atoms with van der Waals surface area (Å²) in [6.07, 6.45) is 3.69. The minimum Gasteiger partial charge on any atom is -0.267 e. The second-order valence-corrected chi connectivity index (χ2v) is 11.5. The van der Waals surface area contributed by atoms with Gasteiger partial charge < -0.3 is 0 Å². The summed E-state index contributed by atoms with van der Waals surface area (Å²) < 4.78 is 2.03. The summed E-state index contributed by atoms with van der Waals surface area (Å²) in [5, 5.41) is 6.31. The Morgan fingerprint density at radius 3 is 2.51 bits per heavy atom. The SMILES string of the molecule is Cc1ccc(C(C)C)cc1-c1nn(-c2ccccc2)cc1/C=C1\SC(=S)N(NC(=O)c2ccccc2Cl)C1=O. The van der Waals surface area contributed by atoms with E-state index in [4.69, 9.17) is 28.9 Å². The third kappa shape index (κ3) is 5.54. The molecule has 9 heteroatoms. The first kappa shape index (κ1) is 26.9. The van der Waals surface area contributed by atoms with Gasteiger partial charge in [-0.05, 0) is 72.6 Å². The molecule has 0 aliphatic carbocycles. The van der Waals surface area contributed by atoms with E-state index in [2.05, 4.69) is 44.4 Å². The van der Waals surface area contributed by atoms with Crippen LogP contribution in [0.5, 0.6) is 0 Å². The first-order valence-corrected chi connectivity index (χ1v) is 13.9. The molecule has 5 rings (SSSR count). The molecule has 2 amide bonds. The molecule has 0 atom stereocenters. The molecule has 1 aliphatic heterocycles. The highest BCUT2D eigenvalue weighted by Crippen LogP contribution is 2.36. The number of aryl methyl sites for hydroxylation is 1. The normalized spacial score (nSPS) is 14.5. The maximum Gasteiger partial charge on any atom is 0.285 e. The predicted molar refractivity (Wildman–Crippen MR) is 162 cm³/mol. The van der Waals surface area contributed by atoms with Gasteiger partial charge in [-0.15, -0.1) is 0 Å². The molecule has 2 heterocycles. The molecule has 0 saturated carbocycles. The second-order valence-electron chi connectivity index (χ2n) is 9.38. The Kier molecular flexibility index (Phi) is 7.70. The van der Waals surface area contributed by atoms with Crippen LogP contribution in [-0.4, -0.2) is 30.9 Å². The Hall–Kier alpha value is -3.72. The molecule has 0 radical (unpaired) electrons. The van der Waals surface area contributed by atoms with E-state index in [0.29, 0.717) is 10.8 Å². The van der Waals surface area contributed by atoms with Crippen molar-refractivity contribution in [1.29, 1.82) is 0 Å². The van der Waals surface area contributed by atoms with Crippen molar-refractivity contribution in [2.45, 2.75) is 26.7 Å². The zero-order valence-electron chi connectivity index (χ0n) is 21.5. The zero-order chi connectivity index (χ0) is 27.7. The number of halogens is 1. The van der Waals surface area contributed by atoms with Crippen LogP contribution >= 0.6 is 35.6 Å². The summed E-state index contributed by atoms with van der Waals surface area (Å²) in [4.78, 5) is 26.6. The third-order valence-electron chi connectivity index (χ3n) is 6.36. The maximum absolute atomic E-state index is 13.4. The number of para-hydroxylation sites is 1. The van der Waals surface area contributed by atoms with Crippen molar-refractivity contribution >= 4 is 57.8 Å². The molecule has 4 aromatic rings. The second kappa shape index (κ2) is 11.2. The van der Waals surface area contributed by atoms with E-state index in [-0.39, 0.29) is 14.9 Å². The molecular formula is C30H25ClN4O2S2. The molecule has 3 aromatic carbocycles. The Morgan fingerprint density at radius 1 is 1.08 bits per heavy atom. The number of amides is 2. The van der Waals surface area contributed by atoms with Gasteiger partial charge >= 0.3 is 0 Å². The smallest absolute Gasteiger partial charge is 0.267 e. The number of carbonyl (C=O) groups excluding carboxylic acids is 2. The van der Waals surface area contributed by atoms with Crippen molar-refractivity contribution in [1.82, 2.24) is 20.2 Å². The lowest BCUT2D eigenvalue weighted by Gasteiger charge is -2.16. The minimum absolute atomic E-state index is 0.224. The number of carbonyl (C=O) groups is 2. The Balaban J connectivity index is 1.53. The lowest BCUT2D eigenvalue weighted by atomic mass is 9.95. The first-order chi connectivity index (χ1) is 18.7. The van der Waals surface area contributed by atoms with Crippen molar-refractivity contribution < 1.29 is 9.59 Å². The van der Waals surface area contributed by atoms with Gasteiger partial charge in [0.2, 0.25) is 0 Å². The molecule has 0 unspecified atom stereocenters. The largest absolute Gasteiger partial charge is 0.285 e. The molecule has 6 nitrogen and oxygen atoms in total. The molecular weight excluding hydrogens is 548 g/mol. The fourth-order valence-corrected chi connectivity index (χ4v) is 5.57. The van der Waals surface area contributed by atoms with Gasteiger partial charge in [-0.2, -0.15) is 10.1 Å². The third-order valence-corrected chi connectivity index (χ3v) is 7.99. The van der Waals surface area contributed by atoms with Gasteiger partial charge in [0, 0.05) is 17.3 Å². The van der Waals surface area contributed by atoms with E-state index in [1.165, 1.54) is 5.56 Å². The van der Waals surface area contributed by atoms with Crippen LogP contribution in [0, 0.1) is 6.92 Å². The number of hydrazine groups is 1. The molecule has 39 heavy (non-hydrogen) atoms. The zero-order valence-corrected chi connectivity index (χ0v) is 23.9. The summed E-state index contributed by atoms with van der Waals surface area (Å²) in [5.74, 6) is -0.588. The summed E-state index contributed by atoms with van der Waals surface area (Å²) in [7, 11) is 0. The van der Waals surface area contributed by atoms with Gasteiger partial charge in [-0.3, -0.25) is 15.0 Å². The molecule has 1 aliphatic rings. The van der Waals surface area contributed by atoms with E-state index in [9.17, 15) is 9.59 Å². The number of benzene rings is 3. The fraction of sp³-hybridized carbons (Fsp3) is 0.133. The van der Waals surface area contributed by atoms with E-state index in [1.807, 2.05) is 41.2 Å². The number of nitrogens with one attached hydrogen (secondary N) is 1. The van der Waals surface area contributed by atoms with Crippen molar-refractivity contribution in [2.24, 2.45) is 0 Å². The predicted octanol–water partition coefficient (Wildman–Crippen LogP) is 7.17. The standard InChI is InChI=1S/C30H25ClN4O2S2/c1-18(2)20-14-13-19(3)24(15-20)27-21(17-34(32-27)22-9-5-4-6-10-22)16-26-29(37)35(30(38)39-26)33-28(36)23-11-7-8-12-25(23)31/h4-18H,1-3H3,(H,33,36)/b26-16-. The average molecular weight is 573 g/mol. The van der Waals surface area contributed by atoms with Crippen LogP contribution in [0.2, 0.25) is 5.02 Å². The molecule has 1 N–H and O–H groups in total. The fourth-order valence-electron chi connectivity index (χ4n) is 4.18. The van der Waals surface area contributed by atoms with E-state index in [1.54, 1.807) is 30.3 Å². The van der Waals surface area contributed by atoms with Crippen LogP contribution in [0.25, 0.3) is 23.0 Å². The molecule has 1 saturated heterocycles. The van der Waals surface area contributed by atoms with Gasteiger partial charge in [0.05, 0.1) is 21.2 Å². The van der Waals surface area contributed by atoms with E-state index in [0.717, 1.165) is 44.8 Å². The number of hydrogen-bond donors (Lipinski definition) is 1. The monoisotopic (exact) mass is 572 g/mol. The Morgan fingerprint density at radius 2 is 1.79 bits per heavy atom. The molecule has 0 bridgehead atoms. The van der Waals surface area contributed by atoms with E-state index >= 15 is 0 Å². The highest BCUT2D eigenvalue weighted by molar-refractivity contribution is 8.26. The van der Waals surface area contributed by atoms with Crippen LogP contribution in [0.15, 0.2) is 83.9 Å². The van der Waals surface area contributed by atoms with Crippen molar-refractivity contribution in [3.05, 3.63) is 111 Å².